The molecule has 21 nitrogen and oxygen atoms in total. The van der Waals surface area contributed by atoms with Crippen LogP contribution in [0, 0.1) is 25.2 Å². The Morgan fingerprint density at radius 2 is 1.45 bits per heavy atom. The second kappa shape index (κ2) is 29.2. The van der Waals surface area contributed by atoms with Crippen LogP contribution >= 0.6 is 11.8 Å². The van der Waals surface area contributed by atoms with Gasteiger partial charge in [0, 0.05) is 78.5 Å². The van der Waals surface area contributed by atoms with Crippen molar-refractivity contribution < 1.29 is 78.0 Å². The fourth-order valence-electron chi connectivity index (χ4n) is 10.0. The third-order valence-corrected chi connectivity index (χ3v) is 17.3. The highest BCUT2D eigenvalue weighted by Crippen LogP contribution is 2.45. The number of carbonyl (C=O) groups excluding carboxylic acids is 5. The van der Waals surface area contributed by atoms with Crippen molar-refractivity contribution in [3.05, 3.63) is 64.5 Å². The molecule has 0 radical (unpaired) electrons. The first-order valence-electron chi connectivity index (χ1n) is 26.3. The van der Waals surface area contributed by atoms with Crippen LogP contribution in [0.5, 0.6) is 0 Å². The van der Waals surface area contributed by atoms with Crippen LogP contribution in [0.2, 0.25) is 0 Å². The van der Waals surface area contributed by atoms with Crippen molar-refractivity contribution in [3.63, 3.8) is 0 Å². The Morgan fingerprint density at radius 3 is 2.10 bits per heavy atom. The molecule has 3 heterocycles. The number of nitrogens with zero attached hydrogens (tertiary/aromatic N) is 1. The van der Waals surface area contributed by atoms with Crippen LogP contribution in [0.25, 0.3) is 33.4 Å². The number of ether oxygens (including phenoxy) is 5. The van der Waals surface area contributed by atoms with Gasteiger partial charge in [-0.3, -0.25) is 33.7 Å². The third-order valence-electron chi connectivity index (χ3n) is 13.8. The standard InChI is InChI=1S/C54H72N4O17S3/c1-5-58-47-44(57-54(58)63)33-76-45(47)14-7-6-12-38(59)13-10-23-71-25-27-73-29-30-74-28-26-72-24-21-39(60)32-37(53(62)70-4)11-8-9-22-56-52(61)36-16-18-40(35(3)31-36)46-41-17-15-34(2)50(77(64,65)66)48(41)75-49-42(46)19-20-43(55)51(49)78(67,68)69/h15-20,31,37,44-45,47,55H,5-14,21-30,32-33H2,1-4H3,(H,56,61)(H,57,63)(H,64,65,66)(H,67,68,69)/t37-,44+,45+,47+/m1/s1. The molecule has 1 aliphatic carbocycles. The molecule has 3 aliphatic heterocycles. The number of hydrogen-bond acceptors (Lipinski definition) is 17. The van der Waals surface area contributed by atoms with E-state index < -0.39 is 64.5 Å². The summed E-state index contributed by atoms with van der Waals surface area (Å²) in [6, 6.07) is 10.8. The van der Waals surface area contributed by atoms with Gasteiger partial charge in [0.1, 0.15) is 16.5 Å². The highest BCUT2D eigenvalue weighted by atomic mass is 32.2. The summed E-state index contributed by atoms with van der Waals surface area (Å²) in [5, 5.41) is 14.1. The molecule has 78 heavy (non-hydrogen) atoms. The minimum atomic E-state index is -5.07. The summed E-state index contributed by atoms with van der Waals surface area (Å²) in [4.78, 5) is 63.6. The van der Waals surface area contributed by atoms with Gasteiger partial charge < -0.3 is 43.6 Å². The summed E-state index contributed by atoms with van der Waals surface area (Å²) in [7, 11) is -8.73. The number of amides is 3. The first-order chi connectivity index (χ1) is 37.2. The van der Waals surface area contributed by atoms with Crippen molar-refractivity contribution in [1.82, 2.24) is 15.5 Å². The highest BCUT2D eigenvalue weighted by molar-refractivity contribution is 8.00. The van der Waals surface area contributed by atoms with E-state index in [0.29, 0.717) is 94.5 Å². The second-order valence-corrected chi connectivity index (χ2v) is 23.4. The molecule has 5 N–H and O–H groups in total. The van der Waals surface area contributed by atoms with Gasteiger partial charge in [0.05, 0.1) is 76.7 Å². The maximum Gasteiger partial charge on any atom is 0.318 e. The highest BCUT2D eigenvalue weighted by Gasteiger charge is 2.47. The summed E-state index contributed by atoms with van der Waals surface area (Å²) >= 11 is 1.93. The maximum atomic E-state index is 13.3. The molecule has 0 aromatic heterocycles. The van der Waals surface area contributed by atoms with Gasteiger partial charge in [-0.05, 0) is 93.8 Å². The molecule has 0 saturated carbocycles. The number of methoxy groups -OCH3 is 1. The van der Waals surface area contributed by atoms with Crippen molar-refractivity contribution in [2.24, 2.45) is 5.92 Å². The summed E-state index contributed by atoms with van der Waals surface area (Å²) in [5.41, 5.74) is 1.27. The van der Waals surface area contributed by atoms with Crippen LogP contribution in [0.15, 0.2) is 56.7 Å². The smallest absolute Gasteiger partial charge is 0.318 e. The van der Waals surface area contributed by atoms with E-state index in [1.807, 2.05) is 23.6 Å². The number of carbonyl (C=O) groups is 5. The first-order valence-corrected chi connectivity index (χ1v) is 30.2. The van der Waals surface area contributed by atoms with E-state index in [0.717, 1.165) is 37.6 Å². The van der Waals surface area contributed by atoms with E-state index in [4.69, 9.17) is 33.5 Å². The quantitative estimate of drug-likeness (QED) is 0.0107. The fraction of sp³-hybridized carbons (Fsp3) is 0.556. The molecule has 2 aromatic rings. The number of hydrogen-bond donors (Lipinski definition) is 5. The average molecular weight is 1150 g/mol. The number of ketones is 2. The number of Topliss-reactive ketones (excluding diaryl/α,β-unsaturated/α-hetero) is 2. The van der Waals surface area contributed by atoms with Gasteiger partial charge in [0.2, 0.25) is 0 Å². The molecule has 0 unspecified atom stereocenters. The zero-order chi connectivity index (χ0) is 56.6. The predicted molar refractivity (Wildman–Crippen MR) is 290 cm³/mol. The molecule has 4 aliphatic rings. The molecule has 4 atom stereocenters. The monoisotopic (exact) mass is 1140 g/mol. The second-order valence-electron chi connectivity index (χ2n) is 19.4. The number of nitrogens with one attached hydrogen (secondary N) is 3. The van der Waals surface area contributed by atoms with E-state index in [9.17, 15) is 49.9 Å². The molecule has 0 bridgehead atoms. The first kappa shape index (κ1) is 61.9. The summed E-state index contributed by atoms with van der Waals surface area (Å²) in [6.45, 7) is 8.85. The lowest BCUT2D eigenvalue weighted by Gasteiger charge is -2.26. The fourth-order valence-corrected chi connectivity index (χ4v) is 13.2. The topological polar surface area (TPSA) is 305 Å². The average Bonchev–Trinajstić information content (AvgIpc) is 3.95. The maximum absolute atomic E-state index is 13.3. The predicted octanol–water partition coefficient (Wildman–Crippen LogP) is 6.71. The molecule has 2 fully saturated rings. The Balaban J connectivity index is 0.822. The molecule has 24 heteroatoms. The van der Waals surface area contributed by atoms with Gasteiger partial charge in [-0.15, -0.1) is 0 Å². The summed E-state index contributed by atoms with van der Waals surface area (Å²) in [6.07, 6.45) is 6.01. The SMILES string of the molecule is CCN1C(=O)N[C@H]2CS[C@@H](CCCCC(=O)CCCOCCOCCOCCOCCC(=O)C[C@@H](CCCCNC(=O)c3ccc(-c4c5ccc(=N)c(S(=O)(=O)O)c-5oc5c(S(=O)(=O)O)c(C)ccc45)c(C)c3)C(=O)OC)[C@H]21. The number of rotatable bonds is 34. The lowest BCUT2D eigenvalue weighted by atomic mass is 9.90. The molecule has 428 valence electrons. The Labute approximate surface area is 459 Å². The zero-order valence-corrected chi connectivity index (χ0v) is 47.0. The Morgan fingerprint density at radius 1 is 0.795 bits per heavy atom. The van der Waals surface area contributed by atoms with Crippen molar-refractivity contribution in [3.8, 4) is 22.5 Å². The van der Waals surface area contributed by atoms with Crippen LogP contribution in [0.4, 0.5) is 4.79 Å². The van der Waals surface area contributed by atoms with E-state index in [1.165, 1.54) is 38.3 Å². The number of likely N-dealkylation sites (N-methyl/N-ethyl adjacent to an activating group) is 1. The molecular formula is C54H72N4O17S3. The number of benzene rings is 3. The number of unbranched alkanes of at least 4 members (excludes halogenated alkanes) is 2. The Kier molecular flexibility index (Phi) is 23.2. The molecule has 6 rings (SSSR count). The van der Waals surface area contributed by atoms with Crippen LogP contribution in [0.1, 0.15) is 99.0 Å². The molecular weight excluding hydrogens is 1070 g/mol. The minimum absolute atomic E-state index is 0.0225. The van der Waals surface area contributed by atoms with Crippen molar-refractivity contribution in [2.75, 3.05) is 78.8 Å². The lowest BCUT2D eigenvalue weighted by molar-refractivity contribution is -0.147. The molecule has 0 spiro atoms. The molecule has 3 amide bonds. The van der Waals surface area contributed by atoms with Gasteiger partial charge >= 0.3 is 12.0 Å². The van der Waals surface area contributed by atoms with Crippen molar-refractivity contribution in [2.45, 2.75) is 119 Å². The van der Waals surface area contributed by atoms with Crippen LogP contribution < -0.4 is 16.0 Å². The van der Waals surface area contributed by atoms with Crippen molar-refractivity contribution >= 4 is 72.4 Å². The van der Waals surface area contributed by atoms with Gasteiger partial charge in [-0.2, -0.15) is 28.6 Å². The van der Waals surface area contributed by atoms with E-state index in [-0.39, 0.29) is 89.9 Å². The van der Waals surface area contributed by atoms with Gasteiger partial charge in [-0.25, -0.2) is 4.79 Å². The number of thioether (sulfide) groups is 1. The van der Waals surface area contributed by atoms with Gasteiger partial charge in [0.25, 0.3) is 26.1 Å². The molecule has 2 aromatic carbocycles. The number of urea groups is 1. The van der Waals surface area contributed by atoms with Gasteiger partial charge in [0.15, 0.2) is 16.2 Å². The number of esters is 1. The minimum Gasteiger partial charge on any atom is -0.469 e. The largest absolute Gasteiger partial charge is 0.469 e. The Hall–Kier alpha value is -5.31. The van der Waals surface area contributed by atoms with Crippen molar-refractivity contribution in [1.29, 1.82) is 5.41 Å². The number of fused-ring (bicyclic) bond motifs is 3. The van der Waals surface area contributed by atoms with E-state index in [2.05, 4.69) is 10.6 Å². The zero-order valence-electron chi connectivity index (χ0n) is 44.6. The Bertz CT molecular complexity index is 3020. The van der Waals surface area contributed by atoms with Crippen LogP contribution in [-0.2, 0) is 58.3 Å². The third kappa shape index (κ3) is 16.6. The normalized spacial score (nSPS) is 16.9. The van der Waals surface area contributed by atoms with Gasteiger partial charge in [-0.1, -0.05) is 31.0 Å². The van der Waals surface area contributed by atoms with E-state index >= 15 is 0 Å². The number of aryl methyl sites for hydroxylation is 2. The summed E-state index contributed by atoms with van der Waals surface area (Å²) < 4.78 is 104. The van der Waals surface area contributed by atoms with Crippen LogP contribution in [0.3, 0.4) is 0 Å². The van der Waals surface area contributed by atoms with Crippen LogP contribution in [-0.4, -0.2) is 156 Å². The van der Waals surface area contributed by atoms with E-state index in [1.54, 1.807) is 19.1 Å². The summed E-state index contributed by atoms with van der Waals surface area (Å²) in [5.74, 6) is -1.06. The lowest BCUT2D eigenvalue weighted by Crippen LogP contribution is -2.40. The molecule has 2 saturated heterocycles.